The molecule has 64 valence electrons. The molecule has 0 aromatic heterocycles. The standard InChI is InChI=1S/C9H16O2/c1-5-6-7(10)8(11)9(2,3)4/h5-6H2,1-4H3. The molecular formula is C9H16O2. The van der Waals surface area contributed by atoms with Gasteiger partial charge in [-0.05, 0) is 6.42 Å². The number of carbonyl (C=O) groups is 2. The lowest BCUT2D eigenvalue weighted by Crippen LogP contribution is -2.28. The van der Waals surface area contributed by atoms with E-state index < -0.39 is 5.41 Å². The number of hydrogen-bond acceptors (Lipinski definition) is 2. The monoisotopic (exact) mass is 156 g/mol. The third-order valence-corrected chi connectivity index (χ3v) is 1.41. The van der Waals surface area contributed by atoms with Gasteiger partial charge < -0.3 is 0 Å². The summed E-state index contributed by atoms with van der Waals surface area (Å²) in [6, 6.07) is 0. The van der Waals surface area contributed by atoms with Crippen LogP contribution in [0.2, 0.25) is 0 Å². The van der Waals surface area contributed by atoms with Gasteiger partial charge in [0.05, 0.1) is 0 Å². The zero-order valence-electron chi connectivity index (χ0n) is 7.73. The van der Waals surface area contributed by atoms with Crippen LogP contribution in [0, 0.1) is 5.41 Å². The molecule has 0 unspecified atom stereocenters. The zero-order chi connectivity index (χ0) is 9.07. The average molecular weight is 156 g/mol. The fourth-order valence-corrected chi connectivity index (χ4v) is 0.759. The molecule has 0 N–H and O–H groups in total. The Morgan fingerprint density at radius 3 is 1.91 bits per heavy atom. The first-order valence-electron chi connectivity index (χ1n) is 3.97. The summed E-state index contributed by atoms with van der Waals surface area (Å²) in [4.78, 5) is 22.2. The molecular weight excluding hydrogens is 140 g/mol. The lowest BCUT2D eigenvalue weighted by Gasteiger charge is -2.14. The average Bonchev–Trinajstić information content (AvgIpc) is 1.85. The third-order valence-electron chi connectivity index (χ3n) is 1.41. The van der Waals surface area contributed by atoms with Gasteiger partial charge >= 0.3 is 0 Å². The largest absolute Gasteiger partial charge is 0.291 e. The summed E-state index contributed by atoms with van der Waals surface area (Å²) >= 11 is 0. The Balaban J connectivity index is 4.15. The molecule has 0 atom stereocenters. The lowest BCUT2D eigenvalue weighted by atomic mass is 9.87. The van der Waals surface area contributed by atoms with Gasteiger partial charge in [0.2, 0.25) is 5.78 Å². The van der Waals surface area contributed by atoms with Crippen molar-refractivity contribution in [3.63, 3.8) is 0 Å². The fourth-order valence-electron chi connectivity index (χ4n) is 0.759. The molecule has 0 heterocycles. The van der Waals surface area contributed by atoms with E-state index in [2.05, 4.69) is 0 Å². The molecule has 0 aromatic rings. The maximum Gasteiger partial charge on any atom is 0.203 e. The molecule has 2 heteroatoms. The molecule has 0 saturated heterocycles. The summed E-state index contributed by atoms with van der Waals surface area (Å²) in [5, 5.41) is 0. The van der Waals surface area contributed by atoms with Crippen molar-refractivity contribution >= 4 is 11.6 Å². The molecule has 0 aliphatic rings. The molecule has 0 aromatic carbocycles. The molecule has 11 heavy (non-hydrogen) atoms. The van der Waals surface area contributed by atoms with Gasteiger partial charge in [0.15, 0.2) is 5.78 Å². The third kappa shape index (κ3) is 3.30. The molecule has 0 amide bonds. The van der Waals surface area contributed by atoms with Gasteiger partial charge in [-0.2, -0.15) is 0 Å². The second-order valence-electron chi connectivity index (χ2n) is 3.75. The van der Waals surface area contributed by atoms with Crippen LogP contribution in [-0.2, 0) is 9.59 Å². The Labute approximate surface area is 68.0 Å². The van der Waals surface area contributed by atoms with E-state index in [4.69, 9.17) is 0 Å². The maximum absolute atomic E-state index is 11.2. The summed E-state index contributed by atoms with van der Waals surface area (Å²) in [5.74, 6) is -0.487. The van der Waals surface area contributed by atoms with Gasteiger partial charge in [-0.1, -0.05) is 27.7 Å². The predicted octanol–water partition coefficient (Wildman–Crippen LogP) is 1.97. The highest BCUT2D eigenvalue weighted by atomic mass is 16.2. The Bertz CT molecular complexity index is 163. The molecule has 0 rings (SSSR count). The summed E-state index contributed by atoms with van der Waals surface area (Å²) in [6.07, 6.45) is 1.14. The van der Waals surface area contributed by atoms with Crippen molar-refractivity contribution in [2.75, 3.05) is 0 Å². The predicted molar refractivity (Wildman–Crippen MR) is 44.4 cm³/mol. The molecule has 0 fully saturated rings. The van der Waals surface area contributed by atoms with Crippen LogP contribution in [-0.4, -0.2) is 11.6 Å². The Kier molecular flexibility index (Phi) is 3.43. The van der Waals surface area contributed by atoms with Gasteiger partial charge in [0.1, 0.15) is 0 Å². The zero-order valence-corrected chi connectivity index (χ0v) is 7.73. The quantitative estimate of drug-likeness (QED) is 0.585. The fraction of sp³-hybridized carbons (Fsp3) is 0.778. The molecule has 0 aliphatic heterocycles. The number of carbonyl (C=O) groups excluding carboxylic acids is 2. The van der Waals surface area contributed by atoms with Gasteiger partial charge in [0.25, 0.3) is 0 Å². The maximum atomic E-state index is 11.2. The molecule has 0 spiro atoms. The second-order valence-corrected chi connectivity index (χ2v) is 3.75. The molecule has 0 bridgehead atoms. The van der Waals surface area contributed by atoms with Crippen LogP contribution in [0.25, 0.3) is 0 Å². The summed E-state index contributed by atoms with van der Waals surface area (Å²) in [6.45, 7) is 7.20. The van der Waals surface area contributed by atoms with E-state index in [9.17, 15) is 9.59 Å². The number of Topliss-reactive ketones (excluding diaryl/α,β-unsaturated/α-hetero) is 2. The van der Waals surface area contributed by atoms with Crippen molar-refractivity contribution in [1.29, 1.82) is 0 Å². The van der Waals surface area contributed by atoms with Crippen LogP contribution in [0.5, 0.6) is 0 Å². The van der Waals surface area contributed by atoms with Crippen LogP contribution in [0.1, 0.15) is 40.5 Å². The van der Waals surface area contributed by atoms with E-state index in [1.54, 1.807) is 20.8 Å². The second kappa shape index (κ2) is 3.65. The molecule has 0 radical (unpaired) electrons. The van der Waals surface area contributed by atoms with Crippen LogP contribution in [0.4, 0.5) is 0 Å². The van der Waals surface area contributed by atoms with Gasteiger partial charge in [0, 0.05) is 11.8 Å². The highest BCUT2D eigenvalue weighted by Crippen LogP contribution is 2.15. The topological polar surface area (TPSA) is 34.1 Å². The Hall–Kier alpha value is -0.660. The van der Waals surface area contributed by atoms with E-state index in [-0.39, 0.29) is 11.6 Å². The minimum atomic E-state index is -0.508. The van der Waals surface area contributed by atoms with Crippen molar-refractivity contribution in [3.05, 3.63) is 0 Å². The summed E-state index contributed by atoms with van der Waals surface area (Å²) < 4.78 is 0. The number of rotatable bonds is 3. The summed E-state index contributed by atoms with van der Waals surface area (Å²) in [5.41, 5.74) is -0.508. The van der Waals surface area contributed by atoms with Gasteiger partial charge in [-0.25, -0.2) is 0 Å². The van der Waals surface area contributed by atoms with E-state index in [1.807, 2.05) is 6.92 Å². The minimum Gasteiger partial charge on any atom is -0.291 e. The van der Waals surface area contributed by atoms with E-state index in [1.165, 1.54) is 0 Å². The smallest absolute Gasteiger partial charge is 0.203 e. The highest BCUT2D eigenvalue weighted by molar-refractivity contribution is 6.38. The first-order valence-corrected chi connectivity index (χ1v) is 3.97. The van der Waals surface area contributed by atoms with Gasteiger partial charge in [-0.15, -0.1) is 0 Å². The normalized spacial score (nSPS) is 11.3. The molecule has 2 nitrogen and oxygen atoms in total. The first-order chi connectivity index (χ1) is 4.89. The Morgan fingerprint density at radius 1 is 1.18 bits per heavy atom. The van der Waals surface area contributed by atoms with Crippen molar-refractivity contribution in [2.45, 2.75) is 40.5 Å². The highest BCUT2D eigenvalue weighted by Gasteiger charge is 2.26. The lowest BCUT2D eigenvalue weighted by molar-refractivity contribution is -0.141. The number of ketones is 2. The number of hydrogen-bond donors (Lipinski definition) is 0. The van der Waals surface area contributed by atoms with Crippen molar-refractivity contribution in [3.8, 4) is 0 Å². The molecule has 0 saturated carbocycles. The van der Waals surface area contributed by atoms with Crippen molar-refractivity contribution in [1.82, 2.24) is 0 Å². The van der Waals surface area contributed by atoms with E-state index >= 15 is 0 Å². The SMILES string of the molecule is CCCC(=O)C(=O)C(C)(C)C. The Morgan fingerprint density at radius 2 is 1.64 bits per heavy atom. The van der Waals surface area contributed by atoms with Gasteiger partial charge in [-0.3, -0.25) is 9.59 Å². The summed E-state index contributed by atoms with van der Waals surface area (Å²) in [7, 11) is 0. The van der Waals surface area contributed by atoms with Crippen LogP contribution in [0.3, 0.4) is 0 Å². The molecule has 0 aliphatic carbocycles. The van der Waals surface area contributed by atoms with Crippen molar-refractivity contribution < 1.29 is 9.59 Å². The first kappa shape index (κ1) is 10.3. The van der Waals surface area contributed by atoms with Crippen molar-refractivity contribution in [2.24, 2.45) is 5.41 Å². The van der Waals surface area contributed by atoms with E-state index in [0.29, 0.717) is 6.42 Å². The van der Waals surface area contributed by atoms with Crippen LogP contribution >= 0.6 is 0 Å². The van der Waals surface area contributed by atoms with Crippen LogP contribution in [0.15, 0.2) is 0 Å². The minimum absolute atomic E-state index is 0.236. The van der Waals surface area contributed by atoms with Crippen LogP contribution < -0.4 is 0 Å². The van der Waals surface area contributed by atoms with E-state index in [0.717, 1.165) is 6.42 Å².